The molecule has 0 aromatic carbocycles. The second-order valence-electron chi connectivity index (χ2n) is 5.97. The molecule has 1 saturated heterocycles. The fourth-order valence-corrected chi connectivity index (χ4v) is 3.51. The lowest BCUT2D eigenvalue weighted by atomic mass is 10.1. The van der Waals surface area contributed by atoms with Crippen LogP contribution >= 0.6 is 11.3 Å². The number of rotatable bonds is 3. The Morgan fingerprint density at radius 3 is 3.04 bits per heavy atom. The molecule has 0 saturated carbocycles. The van der Waals surface area contributed by atoms with Gasteiger partial charge in [0.1, 0.15) is 0 Å². The van der Waals surface area contributed by atoms with Crippen molar-refractivity contribution in [1.29, 1.82) is 0 Å². The second kappa shape index (κ2) is 5.77. The van der Waals surface area contributed by atoms with Crippen molar-refractivity contribution < 1.29 is 4.79 Å². The number of carbonyl (C=O) groups excluding carboxylic acids is 1. The van der Waals surface area contributed by atoms with Crippen LogP contribution in [0.5, 0.6) is 0 Å². The van der Waals surface area contributed by atoms with Crippen LogP contribution in [0.3, 0.4) is 0 Å². The van der Waals surface area contributed by atoms with Gasteiger partial charge in [0, 0.05) is 31.7 Å². The first-order valence-corrected chi connectivity index (χ1v) is 8.62. The molecule has 1 aliphatic heterocycles. The first kappa shape index (κ1) is 14.4. The van der Waals surface area contributed by atoms with Gasteiger partial charge in [-0.3, -0.25) is 5.32 Å². The van der Waals surface area contributed by atoms with E-state index >= 15 is 0 Å². The molecule has 7 nitrogen and oxygen atoms in total. The Labute approximate surface area is 138 Å². The number of carbonyl (C=O) groups is 1. The van der Waals surface area contributed by atoms with E-state index in [1.165, 1.54) is 23.3 Å². The van der Waals surface area contributed by atoms with Gasteiger partial charge in [-0.05, 0) is 30.9 Å². The van der Waals surface area contributed by atoms with Crippen molar-refractivity contribution >= 4 is 28.3 Å². The number of nitrogens with zero attached hydrogens (tertiary/aromatic N) is 5. The SMILES string of the molecule is CN(C(=O)Nc1nccs1)C1CN(c2cc3c(nn2)CCC3)C1. The number of urea groups is 1. The van der Waals surface area contributed by atoms with E-state index < -0.39 is 0 Å². The summed E-state index contributed by atoms with van der Waals surface area (Å²) in [6.45, 7) is 1.57. The Hall–Kier alpha value is -2.22. The smallest absolute Gasteiger partial charge is 0.323 e. The highest BCUT2D eigenvalue weighted by molar-refractivity contribution is 7.13. The van der Waals surface area contributed by atoms with Gasteiger partial charge < -0.3 is 9.80 Å². The topological polar surface area (TPSA) is 74.2 Å². The molecule has 0 bridgehead atoms. The van der Waals surface area contributed by atoms with E-state index in [2.05, 4.69) is 31.5 Å². The number of aryl methyl sites for hydroxylation is 2. The maximum atomic E-state index is 12.2. The Bertz CT molecular complexity index is 713. The van der Waals surface area contributed by atoms with Crippen LogP contribution in [0.25, 0.3) is 0 Å². The Balaban J connectivity index is 1.34. The molecule has 1 N–H and O–H groups in total. The summed E-state index contributed by atoms with van der Waals surface area (Å²) in [5, 5.41) is 13.9. The number of anilines is 2. The number of likely N-dealkylation sites (N-methyl/N-ethyl adjacent to an activating group) is 1. The fourth-order valence-electron chi connectivity index (χ4n) is 2.99. The number of fused-ring (bicyclic) bond motifs is 1. The van der Waals surface area contributed by atoms with Gasteiger partial charge in [-0.2, -0.15) is 5.10 Å². The molecule has 23 heavy (non-hydrogen) atoms. The zero-order chi connectivity index (χ0) is 15.8. The van der Waals surface area contributed by atoms with Crippen LogP contribution in [0.4, 0.5) is 15.7 Å². The molecule has 2 amide bonds. The number of nitrogens with one attached hydrogen (secondary N) is 1. The van der Waals surface area contributed by atoms with Crippen molar-refractivity contribution in [1.82, 2.24) is 20.1 Å². The molecule has 0 atom stereocenters. The predicted octanol–water partition coefficient (Wildman–Crippen LogP) is 1.77. The number of thiazole rings is 1. The van der Waals surface area contributed by atoms with Crippen molar-refractivity contribution in [2.24, 2.45) is 0 Å². The number of aromatic nitrogens is 3. The summed E-state index contributed by atoms with van der Waals surface area (Å²) in [5.74, 6) is 0.927. The van der Waals surface area contributed by atoms with Crippen LogP contribution in [-0.2, 0) is 12.8 Å². The summed E-state index contributed by atoms with van der Waals surface area (Å²) in [5.41, 5.74) is 2.47. The molecule has 4 rings (SSSR count). The lowest BCUT2D eigenvalue weighted by molar-refractivity contribution is 0.191. The molecule has 2 aromatic heterocycles. The number of hydrogen-bond acceptors (Lipinski definition) is 6. The lowest BCUT2D eigenvalue weighted by Crippen LogP contribution is -2.60. The van der Waals surface area contributed by atoms with Crippen LogP contribution in [-0.4, -0.2) is 52.3 Å². The third-order valence-corrected chi connectivity index (χ3v) is 5.20. The average molecular weight is 330 g/mol. The Kier molecular flexibility index (Phi) is 3.60. The zero-order valence-corrected chi connectivity index (χ0v) is 13.7. The summed E-state index contributed by atoms with van der Waals surface area (Å²) >= 11 is 1.42. The van der Waals surface area contributed by atoms with Crippen LogP contribution < -0.4 is 10.2 Å². The van der Waals surface area contributed by atoms with Gasteiger partial charge in [0.05, 0.1) is 11.7 Å². The van der Waals surface area contributed by atoms with E-state index in [1.807, 2.05) is 12.4 Å². The predicted molar refractivity (Wildman–Crippen MR) is 89.0 cm³/mol. The summed E-state index contributed by atoms with van der Waals surface area (Å²) in [4.78, 5) is 20.1. The first-order chi connectivity index (χ1) is 11.2. The fraction of sp³-hybridized carbons (Fsp3) is 0.467. The maximum Gasteiger partial charge on any atom is 0.323 e. The minimum atomic E-state index is -0.121. The standard InChI is InChI=1S/C15H18N6OS/c1-20(15(22)17-14-16-5-6-23-14)11-8-21(9-11)13-7-10-3-2-4-12(10)18-19-13/h5-7,11H,2-4,8-9H2,1H3,(H,16,17,22). The van der Waals surface area contributed by atoms with Gasteiger partial charge in [-0.25, -0.2) is 9.78 Å². The zero-order valence-electron chi connectivity index (χ0n) is 12.9. The summed E-state index contributed by atoms with van der Waals surface area (Å²) < 4.78 is 0. The minimum absolute atomic E-state index is 0.121. The summed E-state index contributed by atoms with van der Waals surface area (Å²) in [6.07, 6.45) is 5.00. The van der Waals surface area contributed by atoms with Crippen LogP contribution in [0.2, 0.25) is 0 Å². The maximum absolute atomic E-state index is 12.2. The van der Waals surface area contributed by atoms with Crippen molar-refractivity contribution in [2.75, 3.05) is 30.4 Å². The molecule has 1 aliphatic carbocycles. The molecule has 0 radical (unpaired) electrons. The Morgan fingerprint density at radius 2 is 2.26 bits per heavy atom. The third kappa shape index (κ3) is 2.74. The van der Waals surface area contributed by atoms with E-state index in [4.69, 9.17) is 0 Å². The molecule has 8 heteroatoms. The van der Waals surface area contributed by atoms with Crippen LogP contribution in [0.1, 0.15) is 17.7 Å². The first-order valence-electron chi connectivity index (χ1n) is 7.74. The number of amides is 2. The quantitative estimate of drug-likeness (QED) is 0.928. The molecule has 3 heterocycles. The molecular weight excluding hydrogens is 312 g/mol. The lowest BCUT2D eigenvalue weighted by Gasteiger charge is -2.44. The van der Waals surface area contributed by atoms with Gasteiger partial charge in [-0.1, -0.05) is 0 Å². The molecule has 2 aliphatic rings. The highest BCUT2D eigenvalue weighted by Crippen LogP contribution is 2.26. The van der Waals surface area contributed by atoms with Crippen molar-refractivity contribution in [2.45, 2.75) is 25.3 Å². The van der Waals surface area contributed by atoms with Gasteiger partial charge in [0.15, 0.2) is 10.9 Å². The van der Waals surface area contributed by atoms with Gasteiger partial charge in [-0.15, -0.1) is 16.4 Å². The molecule has 0 unspecified atom stereocenters. The summed E-state index contributed by atoms with van der Waals surface area (Å²) in [6, 6.07) is 2.22. The van der Waals surface area contributed by atoms with E-state index in [1.54, 1.807) is 11.1 Å². The minimum Gasteiger partial charge on any atom is -0.351 e. The summed E-state index contributed by atoms with van der Waals surface area (Å²) in [7, 11) is 1.82. The molecule has 0 spiro atoms. The highest BCUT2D eigenvalue weighted by atomic mass is 32.1. The van der Waals surface area contributed by atoms with E-state index in [0.29, 0.717) is 5.13 Å². The average Bonchev–Trinajstić information content (AvgIpc) is 3.16. The van der Waals surface area contributed by atoms with Crippen molar-refractivity contribution in [3.63, 3.8) is 0 Å². The van der Waals surface area contributed by atoms with E-state index in [-0.39, 0.29) is 12.1 Å². The molecule has 2 aromatic rings. The second-order valence-corrected chi connectivity index (χ2v) is 6.86. The largest absolute Gasteiger partial charge is 0.351 e. The van der Waals surface area contributed by atoms with Crippen molar-refractivity contribution in [3.8, 4) is 0 Å². The molecule has 120 valence electrons. The van der Waals surface area contributed by atoms with Crippen molar-refractivity contribution in [3.05, 3.63) is 28.9 Å². The highest BCUT2D eigenvalue weighted by Gasteiger charge is 2.34. The molecular formula is C15H18N6OS. The van der Waals surface area contributed by atoms with E-state index in [0.717, 1.165) is 37.4 Å². The molecule has 1 fully saturated rings. The number of hydrogen-bond donors (Lipinski definition) is 1. The Morgan fingerprint density at radius 1 is 1.39 bits per heavy atom. The van der Waals surface area contributed by atoms with Crippen LogP contribution in [0.15, 0.2) is 17.6 Å². The van der Waals surface area contributed by atoms with Crippen LogP contribution in [0, 0.1) is 0 Å². The third-order valence-electron chi connectivity index (χ3n) is 4.51. The van der Waals surface area contributed by atoms with Gasteiger partial charge >= 0.3 is 6.03 Å². The monoisotopic (exact) mass is 330 g/mol. The normalized spacial score (nSPS) is 16.8. The van der Waals surface area contributed by atoms with Gasteiger partial charge in [0.2, 0.25) is 0 Å². The van der Waals surface area contributed by atoms with E-state index in [9.17, 15) is 4.79 Å². The van der Waals surface area contributed by atoms with Gasteiger partial charge in [0.25, 0.3) is 0 Å².